The lowest BCUT2D eigenvalue weighted by molar-refractivity contribution is -0.274. The Morgan fingerprint density at radius 2 is 1.86 bits per heavy atom. The molecule has 118 valence electrons. The van der Waals surface area contributed by atoms with E-state index in [9.17, 15) is 22.8 Å². The van der Waals surface area contributed by atoms with Crippen LogP contribution < -0.4 is 15.7 Å². The normalized spacial score (nSPS) is 11.5. The molecule has 0 unspecified atom stereocenters. The monoisotopic (exact) mass is 314 g/mol. The van der Waals surface area contributed by atoms with Crippen LogP contribution in [0.1, 0.15) is 16.8 Å². The van der Waals surface area contributed by atoms with E-state index < -0.39 is 17.4 Å². The van der Waals surface area contributed by atoms with Gasteiger partial charge in [-0.15, -0.1) is 13.2 Å². The number of aromatic amines is 2. The van der Waals surface area contributed by atoms with Gasteiger partial charge in [0.15, 0.2) is 0 Å². The molecular formula is C14H13F3N2O3. The van der Waals surface area contributed by atoms with E-state index in [0.717, 1.165) is 0 Å². The molecule has 2 rings (SSSR count). The summed E-state index contributed by atoms with van der Waals surface area (Å²) in [6.45, 7) is 1.52. The van der Waals surface area contributed by atoms with Crippen molar-refractivity contribution in [1.29, 1.82) is 0 Å². The minimum absolute atomic E-state index is 0.295. The topological polar surface area (TPSA) is 75.0 Å². The summed E-state index contributed by atoms with van der Waals surface area (Å²) >= 11 is 0. The third-order valence-corrected chi connectivity index (χ3v) is 3.12. The summed E-state index contributed by atoms with van der Waals surface area (Å²) in [5.41, 5.74) is 0.0936. The van der Waals surface area contributed by atoms with Crippen molar-refractivity contribution in [1.82, 2.24) is 10.2 Å². The fourth-order valence-electron chi connectivity index (χ4n) is 2.01. The second-order valence-electron chi connectivity index (χ2n) is 4.71. The van der Waals surface area contributed by atoms with Gasteiger partial charge in [-0.2, -0.15) is 0 Å². The summed E-state index contributed by atoms with van der Waals surface area (Å²) < 4.78 is 40.3. The van der Waals surface area contributed by atoms with Gasteiger partial charge in [0.05, 0.1) is 0 Å². The van der Waals surface area contributed by atoms with Gasteiger partial charge in [-0.1, -0.05) is 12.1 Å². The van der Waals surface area contributed by atoms with E-state index in [2.05, 4.69) is 14.9 Å². The number of ether oxygens (including phenoxy) is 1. The van der Waals surface area contributed by atoms with Crippen LogP contribution in [0.2, 0.25) is 0 Å². The zero-order chi connectivity index (χ0) is 16.3. The first kappa shape index (κ1) is 15.9. The van der Waals surface area contributed by atoms with Crippen LogP contribution in [-0.4, -0.2) is 16.6 Å². The number of alkyl halides is 3. The number of H-pyrrole nitrogens is 2. The summed E-state index contributed by atoms with van der Waals surface area (Å²) in [6.07, 6.45) is -3.98. The molecule has 0 radical (unpaired) electrons. The van der Waals surface area contributed by atoms with Crippen LogP contribution in [0.25, 0.3) is 0 Å². The van der Waals surface area contributed by atoms with Gasteiger partial charge in [0.1, 0.15) is 5.75 Å². The zero-order valence-corrected chi connectivity index (χ0v) is 11.6. The molecule has 2 N–H and O–H groups in total. The molecule has 1 aromatic carbocycles. The van der Waals surface area contributed by atoms with E-state index in [4.69, 9.17) is 0 Å². The van der Waals surface area contributed by atoms with Crippen LogP contribution in [0.5, 0.6) is 5.75 Å². The molecule has 8 heteroatoms. The average molecular weight is 314 g/mol. The standard InChI is InChI=1S/C14H13F3N2O3/c1-8-11(18-19-13(21)12(8)20)6-5-9-3-2-4-10(7-9)22-14(15,16)17/h2-4,7H,5-6H2,1H3,(H,18,20)(H,19,21). The van der Waals surface area contributed by atoms with Crippen molar-refractivity contribution in [3.8, 4) is 5.75 Å². The molecule has 1 heterocycles. The van der Waals surface area contributed by atoms with Crippen molar-refractivity contribution in [3.05, 3.63) is 61.7 Å². The number of benzene rings is 1. The van der Waals surface area contributed by atoms with Crippen LogP contribution in [0.3, 0.4) is 0 Å². The van der Waals surface area contributed by atoms with Crippen molar-refractivity contribution in [2.24, 2.45) is 0 Å². The summed E-state index contributed by atoms with van der Waals surface area (Å²) in [6, 6.07) is 5.61. The van der Waals surface area contributed by atoms with E-state index >= 15 is 0 Å². The van der Waals surface area contributed by atoms with Crippen LogP contribution in [0, 0.1) is 6.92 Å². The highest BCUT2D eigenvalue weighted by molar-refractivity contribution is 5.29. The molecule has 0 amide bonds. The van der Waals surface area contributed by atoms with Gasteiger partial charge in [0, 0.05) is 11.3 Å². The number of rotatable bonds is 4. The third kappa shape index (κ3) is 4.00. The highest BCUT2D eigenvalue weighted by atomic mass is 19.4. The Labute approximate surface area is 122 Å². The third-order valence-electron chi connectivity index (χ3n) is 3.12. The Morgan fingerprint density at radius 3 is 2.55 bits per heavy atom. The quantitative estimate of drug-likeness (QED) is 0.848. The maximum absolute atomic E-state index is 12.2. The van der Waals surface area contributed by atoms with Crippen LogP contribution in [0.15, 0.2) is 33.9 Å². The fourth-order valence-corrected chi connectivity index (χ4v) is 2.01. The van der Waals surface area contributed by atoms with Gasteiger partial charge < -0.3 is 9.84 Å². The molecular weight excluding hydrogens is 301 g/mol. The summed E-state index contributed by atoms with van der Waals surface area (Å²) in [7, 11) is 0. The van der Waals surface area contributed by atoms with Gasteiger partial charge >= 0.3 is 11.9 Å². The molecule has 0 saturated carbocycles. The maximum Gasteiger partial charge on any atom is 0.573 e. The highest BCUT2D eigenvalue weighted by Gasteiger charge is 2.31. The van der Waals surface area contributed by atoms with E-state index in [1.807, 2.05) is 0 Å². The first-order valence-electron chi connectivity index (χ1n) is 6.41. The zero-order valence-electron chi connectivity index (χ0n) is 11.6. The lowest BCUT2D eigenvalue weighted by Gasteiger charge is -2.10. The van der Waals surface area contributed by atoms with Crippen molar-refractivity contribution in [3.63, 3.8) is 0 Å². The first-order valence-corrected chi connectivity index (χ1v) is 6.41. The molecule has 0 atom stereocenters. The summed E-state index contributed by atoms with van der Waals surface area (Å²) in [5, 5.41) is 4.84. The lowest BCUT2D eigenvalue weighted by Crippen LogP contribution is -2.31. The van der Waals surface area contributed by atoms with E-state index in [-0.39, 0.29) is 5.75 Å². The molecule has 5 nitrogen and oxygen atoms in total. The average Bonchev–Trinajstić information content (AvgIpc) is 2.43. The SMILES string of the molecule is Cc1c(CCc2cccc(OC(F)(F)F)c2)[nH][nH]c(=O)c1=O. The van der Waals surface area contributed by atoms with Gasteiger partial charge in [-0.05, 0) is 37.5 Å². The van der Waals surface area contributed by atoms with E-state index in [0.29, 0.717) is 29.7 Å². The van der Waals surface area contributed by atoms with Crippen molar-refractivity contribution < 1.29 is 17.9 Å². The minimum atomic E-state index is -4.74. The molecule has 0 aliphatic carbocycles. The molecule has 0 bridgehead atoms. The number of aromatic nitrogens is 2. The Hall–Kier alpha value is -2.51. The molecule has 0 aliphatic heterocycles. The lowest BCUT2D eigenvalue weighted by atomic mass is 10.1. The number of nitrogens with one attached hydrogen (secondary N) is 2. The molecule has 0 saturated heterocycles. The summed E-state index contributed by atoms with van der Waals surface area (Å²) in [5.74, 6) is -0.295. The molecule has 22 heavy (non-hydrogen) atoms. The molecule has 0 aliphatic rings. The second-order valence-corrected chi connectivity index (χ2v) is 4.71. The number of hydrogen-bond acceptors (Lipinski definition) is 3. The van der Waals surface area contributed by atoms with E-state index in [1.165, 1.54) is 25.1 Å². The van der Waals surface area contributed by atoms with E-state index in [1.54, 1.807) is 6.07 Å². The second kappa shape index (κ2) is 6.08. The Kier molecular flexibility index (Phi) is 4.39. The van der Waals surface area contributed by atoms with Crippen molar-refractivity contribution >= 4 is 0 Å². The number of hydrogen-bond donors (Lipinski definition) is 2. The van der Waals surface area contributed by atoms with Gasteiger partial charge in [0.2, 0.25) is 5.43 Å². The van der Waals surface area contributed by atoms with Crippen molar-refractivity contribution in [2.45, 2.75) is 26.1 Å². The van der Waals surface area contributed by atoms with Gasteiger partial charge in [0.25, 0.3) is 0 Å². The fraction of sp³-hybridized carbons (Fsp3) is 0.286. The molecule has 0 fully saturated rings. The van der Waals surface area contributed by atoms with Gasteiger partial charge in [-0.3, -0.25) is 14.7 Å². The maximum atomic E-state index is 12.2. The Bertz CT molecular complexity index is 778. The predicted octanol–water partition coefficient (Wildman–Crippen LogP) is 2.06. The largest absolute Gasteiger partial charge is 0.573 e. The van der Waals surface area contributed by atoms with Crippen LogP contribution in [0.4, 0.5) is 13.2 Å². The molecule has 1 aromatic heterocycles. The Balaban J connectivity index is 2.12. The van der Waals surface area contributed by atoms with Crippen LogP contribution >= 0.6 is 0 Å². The highest BCUT2D eigenvalue weighted by Crippen LogP contribution is 2.23. The molecule has 0 spiro atoms. The first-order chi connectivity index (χ1) is 10.3. The van der Waals surface area contributed by atoms with Crippen molar-refractivity contribution in [2.75, 3.05) is 0 Å². The number of aryl methyl sites for hydroxylation is 2. The van der Waals surface area contributed by atoms with Gasteiger partial charge in [-0.25, -0.2) is 0 Å². The number of halogens is 3. The summed E-state index contributed by atoms with van der Waals surface area (Å²) in [4.78, 5) is 22.6. The van der Waals surface area contributed by atoms with Crippen LogP contribution in [-0.2, 0) is 12.8 Å². The Morgan fingerprint density at radius 1 is 1.14 bits per heavy atom. The smallest absolute Gasteiger partial charge is 0.406 e. The minimum Gasteiger partial charge on any atom is -0.406 e. The predicted molar refractivity (Wildman–Crippen MR) is 73.0 cm³/mol. The molecule has 2 aromatic rings.